The molecule has 1 aromatic rings. The first-order chi connectivity index (χ1) is 6.82. The van der Waals surface area contributed by atoms with Crippen LogP contribution in [0.1, 0.15) is 0 Å². The molecule has 82 valence electrons. The van der Waals surface area contributed by atoms with Crippen molar-refractivity contribution in [3.63, 3.8) is 0 Å². The molecule has 0 aromatic heterocycles. The zero-order valence-electron chi connectivity index (χ0n) is 7.88. The van der Waals surface area contributed by atoms with Gasteiger partial charge in [-0.2, -0.15) is 0 Å². The summed E-state index contributed by atoms with van der Waals surface area (Å²) in [6.45, 7) is 0. The SMILES string of the molecule is CN(C(=O)C(Cl)(Cl)Cl)c1ccc(N)cc1. The fraction of sp³-hybridized carbons (Fsp3) is 0.222. The van der Waals surface area contributed by atoms with Gasteiger partial charge in [-0.05, 0) is 24.3 Å². The van der Waals surface area contributed by atoms with E-state index in [0.717, 1.165) is 0 Å². The Kier molecular flexibility index (Phi) is 3.71. The van der Waals surface area contributed by atoms with Crippen LogP contribution in [0, 0.1) is 0 Å². The first kappa shape index (κ1) is 12.4. The minimum atomic E-state index is -1.95. The van der Waals surface area contributed by atoms with Crippen LogP contribution in [-0.2, 0) is 4.79 Å². The molecule has 0 spiro atoms. The summed E-state index contributed by atoms with van der Waals surface area (Å²) in [4.78, 5) is 12.8. The molecule has 1 aromatic carbocycles. The number of carbonyl (C=O) groups excluding carboxylic acids is 1. The third kappa shape index (κ3) is 3.16. The molecule has 2 N–H and O–H groups in total. The quantitative estimate of drug-likeness (QED) is 0.628. The molecule has 0 radical (unpaired) electrons. The van der Waals surface area contributed by atoms with Crippen LogP contribution in [0.3, 0.4) is 0 Å². The molecule has 0 atom stereocenters. The summed E-state index contributed by atoms with van der Waals surface area (Å²) in [7, 11) is 1.52. The molecule has 15 heavy (non-hydrogen) atoms. The number of amides is 1. The molecule has 3 nitrogen and oxygen atoms in total. The van der Waals surface area contributed by atoms with Crippen molar-refractivity contribution in [3.05, 3.63) is 24.3 Å². The normalized spacial score (nSPS) is 11.2. The highest BCUT2D eigenvalue weighted by molar-refractivity contribution is 6.76. The standard InChI is InChI=1S/C9H9Cl3N2O/c1-14(8(15)9(10,11)12)7-4-2-6(13)3-5-7/h2-5H,13H2,1H3. The summed E-state index contributed by atoms with van der Waals surface area (Å²) in [5.41, 5.74) is 6.72. The summed E-state index contributed by atoms with van der Waals surface area (Å²) in [5.74, 6) is -0.614. The van der Waals surface area contributed by atoms with Crippen molar-refractivity contribution >= 4 is 52.1 Å². The maximum absolute atomic E-state index is 11.5. The summed E-state index contributed by atoms with van der Waals surface area (Å²) < 4.78 is -1.95. The van der Waals surface area contributed by atoms with Crippen molar-refractivity contribution in [2.45, 2.75) is 3.79 Å². The van der Waals surface area contributed by atoms with Crippen molar-refractivity contribution in [1.82, 2.24) is 0 Å². The second-order valence-corrected chi connectivity index (χ2v) is 5.23. The molecular weight excluding hydrogens is 258 g/mol. The van der Waals surface area contributed by atoms with Crippen LogP contribution in [0.15, 0.2) is 24.3 Å². The minimum absolute atomic E-state index is 0.605. The Hall–Kier alpha value is -0.640. The minimum Gasteiger partial charge on any atom is -0.399 e. The molecule has 0 saturated carbocycles. The molecule has 6 heteroatoms. The molecule has 0 aliphatic heterocycles. The Balaban J connectivity index is 2.90. The van der Waals surface area contributed by atoms with Crippen molar-refractivity contribution in [1.29, 1.82) is 0 Å². The van der Waals surface area contributed by atoms with Crippen LogP contribution in [0.2, 0.25) is 0 Å². The lowest BCUT2D eigenvalue weighted by molar-refractivity contribution is -0.117. The Bertz CT molecular complexity index is 359. The van der Waals surface area contributed by atoms with E-state index in [1.165, 1.54) is 11.9 Å². The van der Waals surface area contributed by atoms with Gasteiger partial charge in [-0.25, -0.2) is 0 Å². The van der Waals surface area contributed by atoms with Gasteiger partial charge in [0.2, 0.25) is 0 Å². The molecule has 1 rings (SSSR count). The highest BCUT2D eigenvalue weighted by Crippen LogP contribution is 2.30. The third-order valence-electron chi connectivity index (χ3n) is 1.83. The monoisotopic (exact) mass is 266 g/mol. The molecule has 1 amide bonds. The van der Waals surface area contributed by atoms with E-state index >= 15 is 0 Å². The Morgan fingerprint density at radius 2 is 1.73 bits per heavy atom. The summed E-state index contributed by atoms with van der Waals surface area (Å²) >= 11 is 16.4. The van der Waals surface area contributed by atoms with Gasteiger partial charge in [0.15, 0.2) is 0 Å². The van der Waals surface area contributed by atoms with Crippen molar-refractivity contribution in [2.75, 3.05) is 17.7 Å². The number of anilines is 2. The van der Waals surface area contributed by atoms with Gasteiger partial charge >= 0.3 is 0 Å². The molecule has 0 aliphatic rings. The first-order valence-corrected chi connectivity index (χ1v) is 5.16. The molecule has 0 bridgehead atoms. The number of benzene rings is 1. The highest BCUT2D eigenvalue weighted by atomic mass is 35.6. The number of nitrogen functional groups attached to an aromatic ring is 1. The predicted molar refractivity (Wildman–Crippen MR) is 64.6 cm³/mol. The molecule has 0 unspecified atom stereocenters. The second kappa shape index (κ2) is 4.47. The fourth-order valence-corrected chi connectivity index (χ4v) is 1.39. The summed E-state index contributed by atoms with van der Waals surface area (Å²) in [6, 6.07) is 6.67. The topological polar surface area (TPSA) is 46.3 Å². The number of carbonyl (C=O) groups is 1. The van der Waals surface area contributed by atoms with Crippen LogP contribution in [0.25, 0.3) is 0 Å². The highest BCUT2D eigenvalue weighted by Gasteiger charge is 2.34. The third-order valence-corrected chi connectivity index (χ3v) is 2.31. The lowest BCUT2D eigenvalue weighted by atomic mass is 10.2. The Labute approximate surface area is 103 Å². The van der Waals surface area contributed by atoms with Gasteiger partial charge in [0.25, 0.3) is 9.70 Å². The molecular formula is C9H9Cl3N2O. The average molecular weight is 268 g/mol. The van der Waals surface area contributed by atoms with E-state index in [2.05, 4.69) is 0 Å². The summed E-state index contributed by atoms with van der Waals surface area (Å²) in [5, 5.41) is 0. The van der Waals surface area contributed by atoms with Crippen LogP contribution < -0.4 is 10.6 Å². The zero-order valence-corrected chi connectivity index (χ0v) is 10.1. The molecule has 0 aliphatic carbocycles. The van der Waals surface area contributed by atoms with Crippen LogP contribution in [0.4, 0.5) is 11.4 Å². The van der Waals surface area contributed by atoms with E-state index in [4.69, 9.17) is 40.5 Å². The van der Waals surface area contributed by atoms with Crippen LogP contribution in [0.5, 0.6) is 0 Å². The largest absolute Gasteiger partial charge is 0.399 e. The van der Waals surface area contributed by atoms with Crippen molar-refractivity contribution < 1.29 is 4.79 Å². The lowest BCUT2D eigenvalue weighted by Gasteiger charge is -2.21. The smallest absolute Gasteiger partial charge is 0.278 e. The maximum Gasteiger partial charge on any atom is 0.278 e. The van der Waals surface area contributed by atoms with Gasteiger partial charge < -0.3 is 10.6 Å². The van der Waals surface area contributed by atoms with E-state index < -0.39 is 9.70 Å². The second-order valence-electron chi connectivity index (χ2n) is 2.95. The van der Waals surface area contributed by atoms with E-state index in [1.54, 1.807) is 24.3 Å². The number of halogens is 3. The first-order valence-electron chi connectivity index (χ1n) is 4.03. The Morgan fingerprint density at radius 3 is 2.13 bits per heavy atom. The van der Waals surface area contributed by atoms with Gasteiger partial charge in [0, 0.05) is 18.4 Å². The van der Waals surface area contributed by atoms with E-state index in [-0.39, 0.29) is 0 Å². The Morgan fingerprint density at radius 1 is 1.27 bits per heavy atom. The molecule has 0 saturated heterocycles. The summed E-state index contributed by atoms with van der Waals surface area (Å²) in [6.07, 6.45) is 0. The number of rotatable bonds is 1. The number of nitrogens with two attached hydrogens (primary N) is 1. The fourth-order valence-electron chi connectivity index (χ4n) is 1.01. The van der Waals surface area contributed by atoms with E-state index in [0.29, 0.717) is 11.4 Å². The van der Waals surface area contributed by atoms with Gasteiger partial charge in [0.1, 0.15) is 0 Å². The van der Waals surface area contributed by atoms with E-state index in [1.807, 2.05) is 0 Å². The molecule has 0 heterocycles. The lowest BCUT2D eigenvalue weighted by Crippen LogP contribution is -2.36. The maximum atomic E-state index is 11.5. The van der Waals surface area contributed by atoms with Gasteiger partial charge in [-0.1, -0.05) is 34.8 Å². The molecule has 0 fully saturated rings. The van der Waals surface area contributed by atoms with Gasteiger partial charge in [0.05, 0.1) is 0 Å². The predicted octanol–water partition coefficient (Wildman–Crippen LogP) is 2.60. The number of hydrogen-bond acceptors (Lipinski definition) is 2. The number of nitrogens with zero attached hydrogens (tertiary/aromatic N) is 1. The zero-order chi connectivity index (χ0) is 11.6. The van der Waals surface area contributed by atoms with Gasteiger partial charge in [-0.15, -0.1) is 0 Å². The van der Waals surface area contributed by atoms with Gasteiger partial charge in [-0.3, -0.25) is 4.79 Å². The number of alkyl halides is 3. The van der Waals surface area contributed by atoms with Crippen molar-refractivity contribution in [3.8, 4) is 0 Å². The van der Waals surface area contributed by atoms with Crippen LogP contribution in [-0.4, -0.2) is 16.7 Å². The van der Waals surface area contributed by atoms with Crippen molar-refractivity contribution in [2.24, 2.45) is 0 Å². The average Bonchev–Trinajstić information content (AvgIpc) is 2.15. The number of hydrogen-bond donors (Lipinski definition) is 1. The van der Waals surface area contributed by atoms with E-state index in [9.17, 15) is 4.79 Å². The van der Waals surface area contributed by atoms with Crippen LogP contribution >= 0.6 is 34.8 Å².